The Morgan fingerprint density at radius 2 is 1.92 bits per heavy atom. The lowest BCUT2D eigenvalue weighted by atomic mass is 10.2. The van der Waals surface area contributed by atoms with Gasteiger partial charge in [0.15, 0.2) is 0 Å². The molecule has 2 aromatic rings. The predicted octanol–water partition coefficient (Wildman–Crippen LogP) is 1.92. The summed E-state index contributed by atoms with van der Waals surface area (Å²) in [5.41, 5.74) is 1.17. The minimum absolute atomic E-state index is 0.269. The largest absolute Gasteiger partial charge is 0.444 e. The number of nitrogens with one attached hydrogen (secondary N) is 1. The van der Waals surface area contributed by atoms with E-state index in [0.29, 0.717) is 32.1 Å². The van der Waals surface area contributed by atoms with Crippen LogP contribution < -0.4 is 4.90 Å². The Bertz CT molecular complexity index is 687. The maximum absolute atomic E-state index is 12.1. The van der Waals surface area contributed by atoms with Gasteiger partial charge in [0.25, 0.3) is 0 Å². The van der Waals surface area contributed by atoms with Crippen LogP contribution in [0.4, 0.5) is 10.7 Å². The van der Waals surface area contributed by atoms with E-state index in [0.717, 1.165) is 11.4 Å². The molecule has 1 amide bonds. The number of carbonyl (C=O) groups is 1. The van der Waals surface area contributed by atoms with Gasteiger partial charge in [-0.05, 0) is 32.9 Å². The van der Waals surface area contributed by atoms with Gasteiger partial charge in [0.1, 0.15) is 5.60 Å². The topological polar surface area (TPSA) is 87.2 Å². The van der Waals surface area contributed by atoms with Crippen LogP contribution in [-0.4, -0.2) is 62.9 Å². The van der Waals surface area contributed by atoms with E-state index in [1.807, 2.05) is 32.9 Å². The molecule has 8 nitrogen and oxygen atoms in total. The van der Waals surface area contributed by atoms with Crippen LogP contribution in [0.25, 0.3) is 11.4 Å². The molecular formula is C16H22N6O2. The van der Waals surface area contributed by atoms with Crippen LogP contribution in [-0.2, 0) is 4.74 Å². The molecule has 0 radical (unpaired) electrons. The molecule has 1 aliphatic rings. The molecule has 2 aromatic heterocycles. The number of aromatic nitrogens is 4. The number of carbonyl (C=O) groups excluding carboxylic acids is 1. The Morgan fingerprint density at radius 3 is 2.54 bits per heavy atom. The summed E-state index contributed by atoms with van der Waals surface area (Å²) in [4.78, 5) is 24.8. The molecular weight excluding hydrogens is 308 g/mol. The summed E-state index contributed by atoms with van der Waals surface area (Å²) in [6.45, 7) is 8.14. The van der Waals surface area contributed by atoms with Crippen LogP contribution in [0.2, 0.25) is 0 Å². The lowest BCUT2D eigenvalue weighted by Crippen LogP contribution is -2.50. The first-order valence-electron chi connectivity index (χ1n) is 7.98. The number of aromatic amines is 1. The van der Waals surface area contributed by atoms with Crippen molar-refractivity contribution in [2.45, 2.75) is 26.4 Å². The normalized spacial score (nSPS) is 15.5. The monoisotopic (exact) mass is 330 g/mol. The summed E-state index contributed by atoms with van der Waals surface area (Å²) in [5.74, 6) is 0.658. The van der Waals surface area contributed by atoms with Gasteiger partial charge in [0, 0.05) is 38.6 Å². The summed E-state index contributed by atoms with van der Waals surface area (Å²) >= 11 is 0. The molecule has 0 spiro atoms. The van der Waals surface area contributed by atoms with Crippen molar-refractivity contribution in [1.82, 2.24) is 25.1 Å². The van der Waals surface area contributed by atoms with Gasteiger partial charge in [0.05, 0.1) is 11.4 Å². The summed E-state index contributed by atoms with van der Waals surface area (Å²) in [6.07, 6.45) is 3.16. The minimum Gasteiger partial charge on any atom is -0.444 e. The van der Waals surface area contributed by atoms with E-state index in [-0.39, 0.29) is 6.09 Å². The zero-order chi connectivity index (χ0) is 17.2. The molecule has 0 atom stereocenters. The summed E-state index contributed by atoms with van der Waals surface area (Å²) in [6, 6.07) is 3.71. The molecule has 8 heteroatoms. The predicted molar refractivity (Wildman–Crippen MR) is 89.6 cm³/mol. The minimum atomic E-state index is -0.476. The average Bonchev–Trinajstić information content (AvgIpc) is 3.08. The van der Waals surface area contributed by atoms with E-state index >= 15 is 0 Å². The molecule has 3 heterocycles. The molecule has 0 unspecified atom stereocenters. The highest BCUT2D eigenvalue weighted by Crippen LogP contribution is 2.18. The molecule has 24 heavy (non-hydrogen) atoms. The zero-order valence-corrected chi connectivity index (χ0v) is 14.2. The average molecular weight is 330 g/mol. The highest BCUT2D eigenvalue weighted by atomic mass is 16.6. The lowest BCUT2D eigenvalue weighted by Gasteiger charge is -2.35. The standard InChI is InChI=1S/C16H22N6O2/c1-16(2,3)24-15(23)22-10-8-21(9-11-22)14-17-6-4-12(19-14)13-5-7-18-20-13/h4-7H,8-11H2,1-3H3,(H,18,20). The third kappa shape index (κ3) is 3.81. The smallest absolute Gasteiger partial charge is 0.410 e. The van der Waals surface area contributed by atoms with Crippen LogP contribution in [0.15, 0.2) is 24.5 Å². The molecule has 1 saturated heterocycles. The summed E-state index contributed by atoms with van der Waals surface area (Å²) < 4.78 is 5.41. The van der Waals surface area contributed by atoms with Crippen molar-refractivity contribution in [2.24, 2.45) is 0 Å². The lowest BCUT2D eigenvalue weighted by molar-refractivity contribution is 0.0240. The van der Waals surface area contributed by atoms with Gasteiger partial charge in [0.2, 0.25) is 5.95 Å². The molecule has 1 N–H and O–H groups in total. The maximum Gasteiger partial charge on any atom is 0.410 e. The molecule has 0 saturated carbocycles. The third-order valence-corrected chi connectivity index (χ3v) is 3.63. The second kappa shape index (κ2) is 6.46. The summed E-state index contributed by atoms with van der Waals surface area (Å²) in [5, 5.41) is 6.84. The Morgan fingerprint density at radius 1 is 1.17 bits per heavy atom. The van der Waals surface area contributed by atoms with Crippen molar-refractivity contribution in [1.29, 1.82) is 0 Å². The second-order valence-electron chi connectivity index (χ2n) is 6.67. The molecule has 0 aromatic carbocycles. The first-order valence-corrected chi connectivity index (χ1v) is 7.98. The van der Waals surface area contributed by atoms with Crippen molar-refractivity contribution in [3.05, 3.63) is 24.5 Å². The number of piperazine rings is 1. The maximum atomic E-state index is 12.1. The quantitative estimate of drug-likeness (QED) is 0.905. The van der Waals surface area contributed by atoms with Gasteiger partial charge in [-0.3, -0.25) is 5.10 Å². The van der Waals surface area contributed by atoms with Crippen molar-refractivity contribution in [3.8, 4) is 11.4 Å². The molecule has 1 aliphatic heterocycles. The van der Waals surface area contributed by atoms with E-state index in [9.17, 15) is 4.79 Å². The van der Waals surface area contributed by atoms with Gasteiger partial charge in [-0.2, -0.15) is 5.10 Å². The van der Waals surface area contributed by atoms with Crippen LogP contribution in [0, 0.1) is 0 Å². The van der Waals surface area contributed by atoms with Crippen LogP contribution >= 0.6 is 0 Å². The van der Waals surface area contributed by atoms with Crippen molar-refractivity contribution in [2.75, 3.05) is 31.1 Å². The number of rotatable bonds is 2. The first-order chi connectivity index (χ1) is 11.4. The van der Waals surface area contributed by atoms with Crippen LogP contribution in [0.1, 0.15) is 20.8 Å². The number of hydrogen-bond donors (Lipinski definition) is 1. The van der Waals surface area contributed by atoms with E-state index < -0.39 is 5.60 Å². The number of anilines is 1. The molecule has 0 bridgehead atoms. The molecule has 1 fully saturated rings. The van der Waals surface area contributed by atoms with E-state index in [4.69, 9.17) is 4.74 Å². The third-order valence-electron chi connectivity index (χ3n) is 3.63. The van der Waals surface area contributed by atoms with E-state index in [1.54, 1.807) is 17.3 Å². The fourth-order valence-electron chi connectivity index (χ4n) is 2.46. The number of H-pyrrole nitrogens is 1. The number of hydrogen-bond acceptors (Lipinski definition) is 6. The Hall–Kier alpha value is -2.64. The van der Waals surface area contributed by atoms with Crippen molar-refractivity contribution in [3.63, 3.8) is 0 Å². The number of nitrogens with zero attached hydrogens (tertiary/aromatic N) is 5. The second-order valence-corrected chi connectivity index (χ2v) is 6.67. The fourth-order valence-corrected chi connectivity index (χ4v) is 2.46. The Balaban J connectivity index is 1.63. The molecule has 128 valence electrons. The van der Waals surface area contributed by atoms with Gasteiger partial charge in [-0.15, -0.1) is 0 Å². The Labute approximate surface area is 140 Å². The van der Waals surface area contributed by atoms with Crippen molar-refractivity contribution >= 4 is 12.0 Å². The van der Waals surface area contributed by atoms with Crippen LogP contribution in [0.5, 0.6) is 0 Å². The van der Waals surface area contributed by atoms with E-state index in [1.165, 1.54) is 0 Å². The summed E-state index contributed by atoms with van der Waals surface area (Å²) in [7, 11) is 0. The van der Waals surface area contributed by atoms with Crippen LogP contribution in [0.3, 0.4) is 0 Å². The van der Waals surface area contributed by atoms with Crippen molar-refractivity contribution < 1.29 is 9.53 Å². The van der Waals surface area contributed by atoms with E-state index in [2.05, 4.69) is 25.1 Å². The van der Waals surface area contributed by atoms with Gasteiger partial charge >= 0.3 is 6.09 Å². The number of amides is 1. The molecule has 0 aliphatic carbocycles. The van der Waals surface area contributed by atoms with Gasteiger partial charge in [-0.1, -0.05) is 0 Å². The van der Waals surface area contributed by atoms with Gasteiger partial charge < -0.3 is 14.5 Å². The number of ether oxygens (including phenoxy) is 1. The first kappa shape index (κ1) is 16.2. The SMILES string of the molecule is CC(C)(C)OC(=O)N1CCN(c2nccc(-c3ccn[nH]3)n2)CC1. The highest BCUT2D eigenvalue weighted by Gasteiger charge is 2.26. The highest BCUT2D eigenvalue weighted by molar-refractivity contribution is 5.68. The molecule has 3 rings (SSSR count). The Kier molecular flexibility index (Phi) is 4.37. The van der Waals surface area contributed by atoms with Gasteiger partial charge in [-0.25, -0.2) is 14.8 Å². The fraction of sp³-hybridized carbons (Fsp3) is 0.500. The zero-order valence-electron chi connectivity index (χ0n) is 14.2.